The van der Waals surface area contributed by atoms with E-state index >= 15 is 0 Å². The minimum absolute atomic E-state index is 0.0679. The Balaban J connectivity index is 1.55. The molecule has 0 fully saturated rings. The first-order valence-corrected chi connectivity index (χ1v) is 8.65. The molecule has 2 aromatic heterocycles. The van der Waals surface area contributed by atoms with E-state index < -0.39 is 6.04 Å². The summed E-state index contributed by atoms with van der Waals surface area (Å²) in [6.45, 7) is 1.31. The van der Waals surface area contributed by atoms with Gasteiger partial charge in [0.1, 0.15) is 11.9 Å². The van der Waals surface area contributed by atoms with Crippen molar-refractivity contribution in [3.63, 3.8) is 0 Å². The zero-order valence-electron chi connectivity index (χ0n) is 15.1. The van der Waals surface area contributed by atoms with E-state index in [0.29, 0.717) is 13.0 Å². The van der Waals surface area contributed by atoms with Crippen molar-refractivity contribution in [2.45, 2.75) is 19.0 Å². The summed E-state index contributed by atoms with van der Waals surface area (Å²) in [5.74, 6) is 0.887. The van der Waals surface area contributed by atoms with Gasteiger partial charge in [0.05, 0.1) is 6.20 Å². The number of carbonyl (C=O) groups excluding carboxylic acids is 1. The van der Waals surface area contributed by atoms with Gasteiger partial charge in [0.25, 0.3) is 0 Å². The Kier molecular flexibility index (Phi) is 5.80. The minimum Gasteiger partial charge on any atom is -0.354 e. The van der Waals surface area contributed by atoms with Gasteiger partial charge in [-0.05, 0) is 12.6 Å². The van der Waals surface area contributed by atoms with Gasteiger partial charge in [-0.1, -0.05) is 30.3 Å². The molecule has 1 aromatic carbocycles. The van der Waals surface area contributed by atoms with Crippen molar-refractivity contribution in [1.29, 1.82) is 0 Å². The Morgan fingerprint density at radius 2 is 2.08 bits per heavy atom. The van der Waals surface area contributed by atoms with Gasteiger partial charge in [-0.3, -0.25) is 9.48 Å². The number of hydrogen-bond donors (Lipinski definition) is 2. The number of hydrogen-bond acceptors (Lipinski definition) is 4. The summed E-state index contributed by atoms with van der Waals surface area (Å²) < 4.78 is 3.80. The molecule has 7 nitrogen and oxygen atoms in total. The number of carbonyl (C=O) groups is 1. The monoisotopic (exact) mass is 352 g/mol. The molecule has 0 bridgehead atoms. The van der Waals surface area contributed by atoms with Crippen LogP contribution in [0.5, 0.6) is 0 Å². The molecule has 0 radical (unpaired) electrons. The van der Waals surface area contributed by atoms with Crippen LogP contribution in [-0.4, -0.2) is 38.8 Å². The minimum atomic E-state index is -0.409. The highest BCUT2D eigenvalue weighted by Crippen LogP contribution is 2.11. The lowest BCUT2D eigenvalue weighted by atomic mass is 10.1. The molecule has 2 heterocycles. The van der Waals surface area contributed by atoms with Crippen molar-refractivity contribution in [1.82, 2.24) is 30.0 Å². The number of nitrogens with zero attached hydrogens (tertiary/aromatic N) is 4. The van der Waals surface area contributed by atoms with Crippen LogP contribution in [0, 0.1) is 0 Å². The first kappa shape index (κ1) is 17.9. The van der Waals surface area contributed by atoms with Gasteiger partial charge < -0.3 is 15.2 Å². The highest BCUT2D eigenvalue weighted by Gasteiger charge is 2.19. The number of benzene rings is 1. The Morgan fingerprint density at radius 3 is 2.77 bits per heavy atom. The van der Waals surface area contributed by atoms with Crippen molar-refractivity contribution in [3.8, 4) is 0 Å². The number of imidazole rings is 1. The molecule has 0 saturated heterocycles. The van der Waals surface area contributed by atoms with Gasteiger partial charge in [0.2, 0.25) is 5.91 Å². The number of likely N-dealkylation sites (N-methyl/N-ethyl adjacent to an activating group) is 1. The van der Waals surface area contributed by atoms with E-state index in [1.54, 1.807) is 24.1 Å². The predicted octanol–water partition coefficient (Wildman–Crippen LogP) is 1.28. The molecule has 3 rings (SSSR count). The number of nitrogens with one attached hydrogen (secondary N) is 2. The highest BCUT2D eigenvalue weighted by atomic mass is 16.2. The van der Waals surface area contributed by atoms with E-state index in [1.165, 1.54) is 5.56 Å². The Morgan fingerprint density at radius 1 is 1.27 bits per heavy atom. The number of rotatable bonds is 8. The van der Waals surface area contributed by atoms with Gasteiger partial charge in [0.15, 0.2) is 0 Å². The van der Waals surface area contributed by atoms with Gasteiger partial charge >= 0.3 is 0 Å². The maximum atomic E-state index is 12.5. The second-order valence-corrected chi connectivity index (χ2v) is 6.17. The van der Waals surface area contributed by atoms with E-state index in [9.17, 15) is 4.79 Å². The quantitative estimate of drug-likeness (QED) is 0.640. The van der Waals surface area contributed by atoms with Gasteiger partial charge in [-0.15, -0.1) is 0 Å². The van der Waals surface area contributed by atoms with Crippen molar-refractivity contribution in [2.75, 3.05) is 13.6 Å². The van der Waals surface area contributed by atoms with E-state index in [0.717, 1.165) is 17.9 Å². The standard InChI is InChI=1S/C19H24N6O/c1-20-18(16-12-23-24(2)14-16)19(26)22-9-8-17-21-10-11-25(17)13-15-6-4-3-5-7-15/h3-7,10-12,14,18,20H,8-9,13H2,1-2H3,(H,22,26). The third-order valence-electron chi connectivity index (χ3n) is 4.25. The first-order valence-electron chi connectivity index (χ1n) is 8.65. The van der Waals surface area contributed by atoms with E-state index in [1.807, 2.05) is 37.6 Å². The summed E-state index contributed by atoms with van der Waals surface area (Å²) >= 11 is 0. The maximum Gasteiger partial charge on any atom is 0.241 e. The van der Waals surface area contributed by atoms with Crippen molar-refractivity contribution in [2.24, 2.45) is 7.05 Å². The zero-order chi connectivity index (χ0) is 18.4. The largest absolute Gasteiger partial charge is 0.354 e. The summed E-state index contributed by atoms with van der Waals surface area (Å²) in [5.41, 5.74) is 2.07. The second-order valence-electron chi connectivity index (χ2n) is 6.17. The van der Waals surface area contributed by atoms with Crippen LogP contribution in [0.15, 0.2) is 55.1 Å². The summed E-state index contributed by atoms with van der Waals surface area (Å²) in [4.78, 5) is 16.9. The summed E-state index contributed by atoms with van der Waals surface area (Å²) in [5, 5.41) is 10.1. The molecule has 1 unspecified atom stereocenters. The second kappa shape index (κ2) is 8.44. The van der Waals surface area contributed by atoms with Gasteiger partial charge in [0, 0.05) is 50.7 Å². The maximum absolute atomic E-state index is 12.5. The molecule has 0 aliphatic heterocycles. The molecular formula is C19H24N6O. The Hall–Kier alpha value is -2.93. The lowest BCUT2D eigenvalue weighted by molar-refractivity contribution is -0.123. The van der Waals surface area contributed by atoms with Crippen molar-refractivity contribution >= 4 is 5.91 Å². The molecule has 7 heteroatoms. The highest BCUT2D eigenvalue weighted by molar-refractivity contribution is 5.83. The van der Waals surface area contributed by atoms with Crippen LogP contribution >= 0.6 is 0 Å². The first-order chi connectivity index (χ1) is 12.7. The Labute approximate surface area is 153 Å². The van der Waals surface area contributed by atoms with Crippen LogP contribution in [0.25, 0.3) is 0 Å². The Bertz CT molecular complexity index is 839. The molecule has 2 N–H and O–H groups in total. The van der Waals surface area contributed by atoms with Crippen LogP contribution in [-0.2, 0) is 24.8 Å². The van der Waals surface area contributed by atoms with Crippen molar-refractivity contribution in [3.05, 3.63) is 72.1 Å². The molecule has 1 amide bonds. The van der Waals surface area contributed by atoms with Crippen LogP contribution in [0.4, 0.5) is 0 Å². The average Bonchev–Trinajstić information content (AvgIpc) is 3.26. The number of aromatic nitrogens is 4. The summed E-state index contributed by atoms with van der Waals surface area (Å²) in [6, 6.07) is 9.85. The van der Waals surface area contributed by atoms with Crippen LogP contribution in [0.1, 0.15) is 23.0 Å². The predicted molar refractivity (Wildman–Crippen MR) is 99.5 cm³/mol. The summed E-state index contributed by atoms with van der Waals surface area (Å²) in [7, 11) is 3.60. The topological polar surface area (TPSA) is 76.8 Å². The third-order valence-corrected chi connectivity index (χ3v) is 4.25. The molecule has 0 aliphatic rings. The molecule has 0 aliphatic carbocycles. The normalized spacial score (nSPS) is 12.1. The smallest absolute Gasteiger partial charge is 0.241 e. The van der Waals surface area contributed by atoms with Crippen LogP contribution < -0.4 is 10.6 Å². The number of aryl methyl sites for hydroxylation is 1. The molecule has 0 spiro atoms. The van der Waals surface area contributed by atoms with Gasteiger partial charge in [-0.25, -0.2) is 4.98 Å². The zero-order valence-corrected chi connectivity index (χ0v) is 15.1. The average molecular weight is 352 g/mol. The van der Waals surface area contributed by atoms with Crippen LogP contribution in [0.3, 0.4) is 0 Å². The van der Waals surface area contributed by atoms with E-state index in [-0.39, 0.29) is 5.91 Å². The fourth-order valence-corrected chi connectivity index (χ4v) is 2.93. The molecule has 26 heavy (non-hydrogen) atoms. The molecule has 0 saturated carbocycles. The molecule has 1 atom stereocenters. The number of amides is 1. The summed E-state index contributed by atoms with van der Waals surface area (Å²) in [6.07, 6.45) is 7.98. The lowest BCUT2D eigenvalue weighted by Crippen LogP contribution is -2.37. The molecule has 136 valence electrons. The molecular weight excluding hydrogens is 328 g/mol. The SMILES string of the molecule is CNC(C(=O)NCCc1nccn1Cc1ccccc1)c1cnn(C)c1. The van der Waals surface area contributed by atoms with E-state index in [4.69, 9.17) is 0 Å². The van der Waals surface area contributed by atoms with E-state index in [2.05, 4.69) is 37.4 Å². The van der Waals surface area contributed by atoms with Crippen LogP contribution in [0.2, 0.25) is 0 Å². The fourth-order valence-electron chi connectivity index (χ4n) is 2.93. The van der Waals surface area contributed by atoms with Crippen molar-refractivity contribution < 1.29 is 4.79 Å². The molecule has 3 aromatic rings. The van der Waals surface area contributed by atoms with Gasteiger partial charge in [-0.2, -0.15) is 5.10 Å². The lowest BCUT2D eigenvalue weighted by Gasteiger charge is -2.15. The third kappa shape index (κ3) is 4.37. The fraction of sp³-hybridized carbons (Fsp3) is 0.316.